The molecule has 0 aliphatic heterocycles. The highest BCUT2D eigenvalue weighted by Gasteiger charge is 2.16. The van der Waals surface area contributed by atoms with Crippen LogP contribution in [0.25, 0.3) is 5.57 Å². The van der Waals surface area contributed by atoms with Gasteiger partial charge in [0.15, 0.2) is 0 Å². The van der Waals surface area contributed by atoms with Crippen LogP contribution in [0.1, 0.15) is 86.3 Å². The highest BCUT2D eigenvalue weighted by molar-refractivity contribution is 7.99. The first-order chi connectivity index (χ1) is 17.0. The minimum absolute atomic E-state index is 0.0953. The lowest BCUT2D eigenvalue weighted by molar-refractivity contribution is 0.0793. The van der Waals surface area contributed by atoms with Gasteiger partial charge in [0.1, 0.15) is 0 Å². The van der Waals surface area contributed by atoms with Gasteiger partial charge < -0.3 is 4.90 Å². The van der Waals surface area contributed by atoms with Crippen molar-refractivity contribution >= 4 is 34.6 Å². The third-order valence-corrected chi connectivity index (χ3v) is 7.71. The van der Waals surface area contributed by atoms with E-state index in [2.05, 4.69) is 75.5 Å². The molecule has 3 aromatic rings. The van der Waals surface area contributed by atoms with E-state index in [1.165, 1.54) is 31.4 Å². The Morgan fingerprint density at radius 3 is 2.23 bits per heavy atom. The van der Waals surface area contributed by atoms with Crippen LogP contribution in [0.2, 0.25) is 0 Å². The molecule has 0 saturated carbocycles. The van der Waals surface area contributed by atoms with Crippen molar-refractivity contribution < 1.29 is 4.79 Å². The quantitative estimate of drug-likeness (QED) is 0.301. The van der Waals surface area contributed by atoms with E-state index in [4.69, 9.17) is 0 Å². The molecule has 1 aromatic heterocycles. The fourth-order valence-electron chi connectivity index (χ4n) is 3.57. The van der Waals surface area contributed by atoms with E-state index >= 15 is 0 Å². The molecule has 1 heterocycles. The first-order valence-corrected chi connectivity index (χ1v) is 14.5. The predicted octanol–water partition coefficient (Wildman–Crippen LogP) is 9.89. The van der Waals surface area contributed by atoms with Crippen LogP contribution in [-0.4, -0.2) is 24.4 Å². The summed E-state index contributed by atoms with van der Waals surface area (Å²) in [6.45, 7) is 17.3. The van der Waals surface area contributed by atoms with Crippen LogP contribution in [0.4, 0.5) is 0 Å². The molecule has 0 fully saturated rings. The molecule has 0 bridgehead atoms. The Morgan fingerprint density at radius 1 is 0.971 bits per heavy atom. The van der Waals surface area contributed by atoms with Crippen molar-refractivity contribution in [3.8, 4) is 0 Å². The monoisotopic (exact) mass is 509 g/mol. The molecule has 0 atom stereocenters. The average Bonchev–Trinajstić information content (AvgIpc) is 3.32. The zero-order valence-corrected chi connectivity index (χ0v) is 24.7. The van der Waals surface area contributed by atoms with Crippen molar-refractivity contribution in [1.82, 2.24) is 4.90 Å². The molecule has 0 N–H and O–H groups in total. The molecule has 0 saturated heterocycles. The predicted molar refractivity (Wildman–Crippen MR) is 158 cm³/mol. The highest BCUT2D eigenvalue weighted by atomic mass is 32.2. The third kappa shape index (κ3) is 8.40. The van der Waals surface area contributed by atoms with E-state index < -0.39 is 0 Å². The Hall–Kier alpha value is -2.30. The van der Waals surface area contributed by atoms with Crippen molar-refractivity contribution in [2.45, 2.75) is 78.0 Å². The molecule has 1 amide bonds. The number of nitrogens with zero attached hydrogens (tertiary/aromatic N) is 1. The molecule has 4 heteroatoms. The minimum Gasteiger partial charge on any atom is -0.342 e. The standard InChI is InChI=1S/C27H31NOS2.2C2H6/c1-6-8-16-28(5)27(29)21-13-14-24(20(4)18-21)31-25-12-10-9-11-23(25)22(7-2)26-19(3)15-17-30-26;2*1-2/h7,9-15,17-18H,6,8,16H2,1-5H3;2*1-2H3/b22-7-;;. The largest absolute Gasteiger partial charge is 0.342 e. The first-order valence-electron chi connectivity index (χ1n) is 12.8. The molecule has 35 heavy (non-hydrogen) atoms. The number of allylic oxidation sites excluding steroid dienone is 1. The van der Waals surface area contributed by atoms with Gasteiger partial charge in [-0.2, -0.15) is 0 Å². The Bertz CT molecular complexity index is 1080. The number of benzene rings is 2. The average molecular weight is 510 g/mol. The number of hydrogen-bond acceptors (Lipinski definition) is 3. The van der Waals surface area contributed by atoms with Crippen LogP contribution in [-0.2, 0) is 0 Å². The summed E-state index contributed by atoms with van der Waals surface area (Å²) in [5.74, 6) is 0.0953. The van der Waals surface area contributed by atoms with Gasteiger partial charge in [-0.3, -0.25) is 4.79 Å². The Morgan fingerprint density at radius 2 is 1.66 bits per heavy atom. The fraction of sp³-hybridized carbons (Fsp3) is 0.387. The van der Waals surface area contributed by atoms with Crippen LogP contribution in [0.5, 0.6) is 0 Å². The summed E-state index contributed by atoms with van der Waals surface area (Å²) in [5, 5.41) is 2.15. The van der Waals surface area contributed by atoms with Gasteiger partial charge in [0, 0.05) is 33.8 Å². The van der Waals surface area contributed by atoms with E-state index in [0.717, 1.165) is 30.5 Å². The summed E-state index contributed by atoms with van der Waals surface area (Å²) in [7, 11) is 1.89. The summed E-state index contributed by atoms with van der Waals surface area (Å²) < 4.78 is 0. The minimum atomic E-state index is 0.0953. The SMILES string of the molecule is C/C=C(/c1ccccc1Sc1ccc(C(=O)N(C)CCCC)cc1C)c1sccc1C.CC.CC. The summed E-state index contributed by atoms with van der Waals surface area (Å²) >= 11 is 3.56. The Kier molecular flexibility index (Phi) is 14.4. The fourth-order valence-corrected chi connectivity index (χ4v) is 5.61. The number of aryl methyl sites for hydroxylation is 2. The van der Waals surface area contributed by atoms with Crippen molar-refractivity contribution in [3.05, 3.63) is 87.1 Å². The number of rotatable bonds is 8. The number of thiophene rings is 1. The second kappa shape index (κ2) is 16.4. The molecule has 2 aromatic carbocycles. The maximum atomic E-state index is 12.7. The molecule has 0 aliphatic carbocycles. The van der Waals surface area contributed by atoms with Gasteiger partial charge in [0.25, 0.3) is 5.91 Å². The van der Waals surface area contributed by atoms with E-state index in [9.17, 15) is 4.79 Å². The molecule has 0 radical (unpaired) electrons. The molecule has 0 spiro atoms. The van der Waals surface area contributed by atoms with Gasteiger partial charge in [-0.25, -0.2) is 0 Å². The summed E-state index contributed by atoms with van der Waals surface area (Å²) in [4.78, 5) is 18.3. The van der Waals surface area contributed by atoms with Crippen LogP contribution >= 0.6 is 23.1 Å². The van der Waals surface area contributed by atoms with Gasteiger partial charge in [-0.15, -0.1) is 11.3 Å². The van der Waals surface area contributed by atoms with Crippen molar-refractivity contribution in [2.75, 3.05) is 13.6 Å². The number of amides is 1. The van der Waals surface area contributed by atoms with Crippen molar-refractivity contribution in [3.63, 3.8) is 0 Å². The van der Waals surface area contributed by atoms with Crippen LogP contribution in [0.3, 0.4) is 0 Å². The van der Waals surface area contributed by atoms with Gasteiger partial charge in [0.2, 0.25) is 0 Å². The van der Waals surface area contributed by atoms with Gasteiger partial charge in [0.05, 0.1) is 0 Å². The molecular formula is C31H43NOS2. The normalized spacial score (nSPS) is 10.6. The lowest BCUT2D eigenvalue weighted by Gasteiger charge is -2.18. The van der Waals surface area contributed by atoms with E-state index in [0.29, 0.717) is 0 Å². The van der Waals surface area contributed by atoms with Gasteiger partial charge >= 0.3 is 0 Å². The van der Waals surface area contributed by atoms with Crippen LogP contribution in [0, 0.1) is 13.8 Å². The maximum absolute atomic E-state index is 12.7. The van der Waals surface area contributed by atoms with Crippen molar-refractivity contribution in [2.24, 2.45) is 0 Å². The second-order valence-electron chi connectivity index (χ2n) is 7.79. The molecule has 190 valence electrons. The first kappa shape index (κ1) is 30.7. The lowest BCUT2D eigenvalue weighted by atomic mass is 10.0. The zero-order valence-electron chi connectivity index (χ0n) is 23.1. The Labute approximate surface area is 222 Å². The summed E-state index contributed by atoms with van der Waals surface area (Å²) in [6.07, 6.45) is 4.33. The van der Waals surface area contributed by atoms with E-state index in [1.807, 2.05) is 51.8 Å². The number of unbranched alkanes of at least 4 members (excludes halogenated alkanes) is 1. The maximum Gasteiger partial charge on any atom is 0.253 e. The highest BCUT2D eigenvalue weighted by Crippen LogP contribution is 2.39. The number of carbonyl (C=O) groups excluding carboxylic acids is 1. The summed E-state index contributed by atoms with van der Waals surface area (Å²) in [6, 6.07) is 16.8. The topological polar surface area (TPSA) is 20.3 Å². The molecule has 2 nitrogen and oxygen atoms in total. The molecule has 0 unspecified atom stereocenters. The molecule has 0 aliphatic rings. The van der Waals surface area contributed by atoms with Crippen LogP contribution < -0.4 is 0 Å². The van der Waals surface area contributed by atoms with Crippen molar-refractivity contribution in [1.29, 1.82) is 0 Å². The zero-order chi connectivity index (χ0) is 26.4. The summed E-state index contributed by atoms with van der Waals surface area (Å²) in [5.41, 5.74) is 5.72. The smallest absolute Gasteiger partial charge is 0.253 e. The van der Waals surface area contributed by atoms with Crippen LogP contribution in [0.15, 0.2) is 69.8 Å². The number of hydrogen-bond donors (Lipinski definition) is 0. The van der Waals surface area contributed by atoms with Gasteiger partial charge in [-0.05, 0) is 85.2 Å². The second-order valence-corrected chi connectivity index (χ2v) is 9.79. The van der Waals surface area contributed by atoms with E-state index in [1.54, 1.807) is 23.1 Å². The van der Waals surface area contributed by atoms with E-state index in [-0.39, 0.29) is 5.91 Å². The molecule has 3 rings (SSSR count). The third-order valence-electron chi connectivity index (χ3n) is 5.41. The Balaban J connectivity index is 0.00000145. The molecular weight excluding hydrogens is 466 g/mol. The lowest BCUT2D eigenvalue weighted by Crippen LogP contribution is -2.27. The number of carbonyl (C=O) groups is 1. The van der Waals surface area contributed by atoms with Gasteiger partial charge in [-0.1, -0.05) is 77.1 Å².